The van der Waals surface area contributed by atoms with Crippen LogP contribution in [0.2, 0.25) is 0 Å². The van der Waals surface area contributed by atoms with Crippen LogP contribution < -0.4 is 16.0 Å². The molecule has 22 heavy (non-hydrogen) atoms. The molecular formula is C17H24N3O2+. The lowest BCUT2D eigenvalue weighted by Gasteiger charge is -2.33. The maximum Gasteiger partial charge on any atom is 0.283 e. The summed E-state index contributed by atoms with van der Waals surface area (Å²) in [4.78, 5) is 25.4. The number of benzene rings is 1. The first kappa shape index (κ1) is 15.0. The average molecular weight is 302 g/mol. The summed E-state index contributed by atoms with van der Waals surface area (Å²) in [5.41, 5.74) is 6.50. The topological polar surface area (TPSA) is 76.6 Å². The van der Waals surface area contributed by atoms with E-state index in [9.17, 15) is 9.59 Å². The molecule has 1 aromatic rings. The first-order valence-corrected chi connectivity index (χ1v) is 8.14. The highest BCUT2D eigenvalue weighted by Gasteiger charge is 2.38. The lowest BCUT2D eigenvalue weighted by atomic mass is 9.94. The van der Waals surface area contributed by atoms with Crippen molar-refractivity contribution >= 4 is 11.8 Å². The van der Waals surface area contributed by atoms with Crippen molar-refractivity contribution in [1.29, 1.82) is 0 Å². The van der Waals surface area contributed by atoms with Gasteiger partial charge in [-0.15, -0.1) is 0 Å². The molecule has 4 N–H and O–H groups in total. The van der Waals surface area contributed by atoms with Crippen LogP contribution in [0.4, 0.5) is 0 Å². The Kier molecular flexibility index (Phi) is 4.43. The zero-order valence-corrected chi connectivity index (χ0v) is 12.8. The van der Waals surface area contributed by atoms with Gasteiger partial charge in [-0.1, -0.05) is 30.3 Å². The van der Waals surface area contributed by atoms with Crippen LogP contribution in [-0.4, -0.2) is 30.9 Å². The molecule has 118 valence electrons. The minimum absolute atomic E-state index is 0.0776. The van der Waals surface area contributed by atoms with Crippen LogP contribution >= 0.6 is 0 Å². The van der Waals surface area contributed by atoms with Crippen molar-refractivity contribution in [2.75, 3.05) is 13.1 Å². The normalized spacial score (nSPS) is 26.2. The molecule has 5 heteroatoms. The van der Waals surface area contributed by atoms with Crippen LogP contribution in [0.3, 0.4) is 0 Å². The molecule has 2 fully saturated rings. The molecule has 0 aromatic heterocycles. The molecule has 0 radical (unpaired) electrons. The monoisotopic (exact) mass is 302 g/mol. The van der Waals surface area contributed by atoms with Crippen molar-refractivity contribution < 1.29 is 14.5 Å². The molecule has 2 amide bonds. The second kappa shape index (κ2) is 6.48. The van der Waals surface area contributed by atoms with E-state index in [4.69, 9.17) is 5.73 Å². The number of quaternary nitrogens is 1. The minimum Gasteiger partial charge on any atom is -0.369 e. The first-order valence-electron chi connectivity index (χ1n) is 8.14. The summed E-state index contributed by atoms with van der Waals surface area (Å²) < 4.78 is 0. The summed E-state index contributed by atoms with van der Waals surface area (Å²) in [5.74, 6) is -0.288. The Hall–Kier alpha value is -1.88. The maximum atomic E-state index is 12.7. The van der Waals surface area contributed by atoms with Gasteiger partial charge in [-0.25, -0.2) is 0 Å². The van der Waals surface area contributed by atoms with Crippen molar-refractivity contribution in [3.05, 3.63) is 35.9 Å². The fraction of sp³-hybridized carbons (Fsp3) is 0.529. The Balaban J connectivity index is 1.80. The number of amides is 2. The maximum absolute atomic E-state index is 12.7. The van der Waals surface area contributed by atoms with Crippen molar-refractivity contribution in [3.8, 4) is 0 Å². The number of rotatable bonds is 5. The van der Waals surface area contributed by atoms with E-state index in [1.165, 1.54) is 0 Å². The summed E-state index contributed by atoms with van der Waals surface area (Å²) in [7, 11) is 0. The number of carbonyl (C=O) groups excluding carboxylic acids is 2. The van der Waals surface area contributed by atoms with E-state index in [0.29, 0.717) is 12.6 Å². The summed E-state index contributed by atoms with van der Waals surface area (Å²) in [6.07, 6.45) is 3.92. The quantitative estimate of drug-likeness (QED) is 0.704. The van der Waals surface area contributed by atoms with E-state index in [1.807, 2.05) is 30.3 Å². The zero-order valence-electron chi connectivity index (χ0n) is 12.8. The molecule has 1 aliphatic heterocycles. The number of piperidine rings is 1. The third-order valence-corrected chi connectivity index (χ3v) is 4.69. The Bertz CT molecular complexity index is 542. The van der Waals surface area contributed by atoms with Gasteiger partial charge in [0.25, 0.3) is 5.91 Å². The highest BCUT2D eigenvalue weighted by atomic mass is 16.2. The average Bonchev–Trinajstić information content (AvgIpc) is 3.33. The molecule has 1 aromatic carbocycles. The predicted molar refractivity (Wildman–Crippen MR) is 83.0 cm³/mol. The van der Waals surface area contributed by atoms with Crippen LogP contribution in [0.5, 0.6) is 0 Å². The van der Waals surface area contributed by atoms with Crippen LogP contribution in [-0.2, 0) is 9.59 Å². The summed E-state index contributed by atoms with van der Waals surface area (Å²) in [5, 5.41) is 3.12. The Labute approximate surface area is 130 Å². The SMILES string of the molecule is NC(=O)[C@H]1CCC[NH+]([C@@H](C(=O)NC2CC2)c2ccccc2)C1. The van der Waals surface area contributed by atoms with Crippen molar-refractivity contribution in [2.45, 2.75) is 37.8 Å². The number of nitrogens with two attached hydrogens (primary N) is 1. The van der Waals surface area contributed by atoms with E-state index in [2.05, 4.69) is 5.32 Å². The largest absolute Gasteiger partial charge is 0.369 e. The Morgan fingerprint density at radius 2 is 1.91 bits per heavy atom. The van der Waals surface area contributed by atoms with Gasteiger partial charge in [0.05, 0.1) is 19.0 Å². The molecule has 3 atom stereocenters. The fourth-order valence-corrected chi connectivity index (χ4v) is 3.33. The van der Waals surface area contributed by atoms with Crippen molar-refractivity contribution in [1.82, 2.24) is 5.32 Å². The molecule has 3 rings (SSSR count). The molecule has 5 nitrogen and oxygen atoms in total. The molecule has 1 heterocycles. The van der Waals surface area contributed by atoms with E-state index in [-0.39, 0.29) is 23.8 Å². The summed E-state index contributed by atoms with van der Waals surface area (Å²) >= 11 is 0. The van der Waals surface area contributed by atoms with Crippen LogP contribution in [0, 0.1) is 5.92 Å². The third kappa shape index (κ3) is 3.47. The number of nitrogens with one attached hydrogen (secondary N) is 2. The highest BCUT2D eigenvalue weighted by molar-refractivity contribution is 5.82. The van der Waals surface area contributed by atoms with Gasteiger partial charge >= 0.3 is 0 Å². The Morgan fingerprint density at radius 3 is 2.55 bits per heavy atom. The second-order valence-electron chi connectivity index (χ2n) is 6.48. The predicted octanol–water partition coefficient (Wildman–Crippen LogP) is -0.213. The van der Waals surface area contributed by atoms with Crippen molar-refractivity contribution in [2.24, 2.45) is 11.7 Å². The van der Waals surface area contributed by atoms with E-state index in [1.54, 1.807) is 0 Å². The molecular weight excluding hydrogens is 278 g/mol. The fourth-order valence-electron chi connectivity index (χ4n) is 3.33. The number of hydrogen-bond donors (Lipinski definition) is 3. The number of hydrogen-bond acceptors (Lipinski definition) is 2. The van der Waals surface area contributed by atoms with Gasteiger partial charge in [-0.3, -0.25) is 9.59 Å². The molecule has 1 aliphatic carbocycles. The lowest BCUT2D eigenvalue weighted by molar-refractivity contribution is -0.929. The highest BCUT2D eigenvalue weighted by Crippen LogP contribution is 2.21. The van der Waals surface area contributed by atoms with Gasteiger partial charge in [0.2, 0.25) is 5.91 Å². The summed E-state index contributed by atoms with van der Waals surface area (Å²) in [6, 6.07) is 9.97. The number of primary amides is 1. The Morgan fingerprint density at radius 1 is 1.18 bits per heavy atom. The molecule has 0 bridgehead atoms. The van der Waals surface area contributed by atoms with E-state index in [0.717, 1.165) is 42.7 Å². The molecule has 2 aliphatic rings. The number of likely N-dealkylation sites (tertiary alicyclic amines) is 1. The zero-order chi connectivity index (χ0) is 15.5. The molecule has 1 unspecified atom stereocenters. The molecule has 1 saturated heterocycles. The van der Waals surface area contributed by atoms with Crippen LogP contribution in [0.25, 0.3) is 0 Å². The molecule has 0 spiro atoms. The van der Waals surface area contributed by atoms with Crippen molar-refractivity contribution in [3.63, 3.8) is 0 Å². The molecule has 1 saturated carbocycles. The van der Waals surface area contributed by atoms with Crippen LogP contribution in [0.15, 0.2) is 30.3 Å². The van der Waals surface area contributed by atoms with Crippen LogP contribution in [0.1, 0.15) is 37.3 Å². The van der Waals surface area contributed by atoms with Gasteiger partial charge in [0.1, 0.15) is 0 Å². The first-order chi connectivity index (χ1) is 10.6. The second-order valence-corrected chi connectivity index (χ2v) is 6.48. The smallest absolute Gasteiger partial charge is 0.283 e. The van der Waals surface area contributed by atoms with Gasteiger partial charge in [-0.05, 0) is 25.7 Å². The van der Waals surface area contributed by atoms with E-state index >= 15 is 0 Å². The lowest BCUT2D eigenvalue weighted by Crippen LogP contribution is -3.15. The standard InChI is InChI=1S/C17H23N3O2/c18-16(21)13-7-4-10-20(11-13)15(12-5-2-1-3-6-12)17(22)19-14-8-9-14/h1-3,5-6,13-15H,4,7-11H2,(H2,18,21)(H,19,22)/p+1/t13-,15+/m0/s1. The summed E-state index contributed by atoms with van der Waals surface area (Å²) in [6.45, 7) is 1.55. The van der Waals surface area contributed by atoms with Gasteiger partial charge in [0.15, 0.2) is 6.04 Å². The third-order valence-electron chi connectivity index (χ3n) is 4.69. The van der Waals surface area contributed by atoms with Gasteiger partial charge < -0.3 is 16.0 Å². The van der Waals surface area contributed by atoms with Gasteiger partial charge in [-0.2, -0.15) is 0 Å². The minimum atomic E-state index is -0.246. The number of carbonyl (C=O) groups is 2. The van der Waals surface area contributed by atoms with E-state index < -0.39 is 0 Å². The van der Waals surface area contributed by atoms with Gasteiger partial charge in [0, 0.05) is 11.6 Å².